The van der Waals surface area contributed by atoms with E-state index in [1.165, 1.54) is 0 Å². The lowest BCUT2D eigenvalue weighted by Crippen LogP contribution is -2.12. The summed E-state index contributed by atoms with van der Waals surface area (Å²) in [7, 11) is 0. The Hall–Kier alpha value is -1.71. The molecule has 1 unspecified atom stereocenters. The molecule has 0 aliphatic rings. The normalized spacial score (nSPS) is 12.4. The van der Waals surface area contributed by atoms with Crippen LogP contribution in [0.3, 0.4) is 0 Å². The van der Waals surface area contributed by atoms with Gasteiger partial charge in [0.05, 0.1) is 5.92 Å². The van der Waals surface area contributed by atoms with Gasteiger partial charge < -0.3 is 16.6 Å². The van der Waals surface area contributed by atoms with Crippen LogP contribution in [0.4, 0.5) is 11.4 Å². The third kappa shape index (κ3) is 1.96. The molecule has 5 N–H and O–H groups in total. The van der Waals surface area contributed by atoms with Gasteiger partial charge in [-0.05, 0) is 24.1 Å². The molecule has 14 heavy (non-hydrogen) atoms. The Balaban J connectivity index is 3.10. The van der Waals surface area contributed by atoms with Gasteiger partial charge in [-0.15, -0.1) is 0 Å². The standard InChI is InChI=1S/C10H14N2O2/c1-2-7(10(13)14)8-4-3-6(11)5-9(8)12/h3-5,7H,2,11-12H2,1H3,(H,13,14). The molecule has 0 aliphatic heterocycles. The third-order valence-electron chi connectivity index (χ3n) is 2.19. The number of benzene rings is 1. The Morgan fingerprint density at radius 2 is 2.14 bits per heavy atom. The van der Waals surface area contributed by atoms with Crippen LogP contribution < -0.4 is 11.5 Å². The number of anilines is 2. The van der Waals surface area contributed by atoms with E-state index in [2.05, 4.69) is 0 Å². The molecule has 4 heteroatoms. The van der Waals surface area contributed by atoms with Gasteiger partial charge in [-0.25, -0.2) is 0 Å². The maximum Gasteiger partial charge on any atom is 0.311 e. The molecule has 1 rings (SSSR count). The van der Waals surface area contributed by atoms with Crippen molar-refractivity contribution in [2.45, 2.75) is 19.3 Å². The van der Waals surface area contributed by atoms with Crippen LogP contribution in [0, 0.1) is 0 Å². The van der Waals surface area contributed by atoms with Crippen molar-refractivity contribution < 1.29 is 9.90 Å². The summed E-state index contributed by atoms with van der Waals surface area (Å²) in [5.74, 6) is -1.40. The number of carboxylic acid groups (broad SMARTS) is 1. The summed E-state index contributed by atoms with van der Waals surface area (Å²) in [6.45, 7) is 1.81. The van der Waals surface area contributed by atoms with E-state index in [1.807, 2.05) is 6.92 Å². The van der Waals surface area contributed by atoms with E-state index in [0.29, 0.717) is 23.4 Å². The number of aliphatic carboxylic acids is 1. The molecule has 0 amide bonds. The van der Waals surface area contributed by atoms with Crippen LogP contribution in [-0.2, 0) is 4.79 Å². The first-order valence-corrected chi connectivity index (χ1v) is 4.44. The van der Waals surface area contributed by atoms with Crippen molar-refractivity contribution in [3.63, 3.8) is 0 Å². The quantitative estimate of drug-likeness (QED) is 0.635. The molecule has 0 spiro atoms. The minimum Gasteiger partial charge on any atom is -0.481 e. The van der Waals surface area contributed by atoms with E-state index in [1.54, 1.807) is 18.2 Å². The fraction of sp³-hybridized carbons (Fsp3) is 0.300. The SMILES string of the molecule is CCC(C(=O)O)c1ccc(N)cc1N. The molecule has 0 fully saturated rings. The lowest BCUT2D eigenvalue weighted by atomic mass is 9.95. The predicted molar refractivity (Wildman–Crippen MR) is 55.9 cm³/mol. The number of hydrogen-bond acceptors (Lipinski definition) is 3. The van der Waals surface area contributed by atoms with Gasteiger partial charge in [-0.1, -0.05) is 13.0 Å². The van der Waals surface area contributed by atoms with Crippen LogP contribution >= 0.6 is 0 Å². The minimum atomic E-state index is -0.857. The molecule has 0 aliphatic carbocycles. The third-order valence-corrected chi connectivity index (χ3v) is 2.19. The van der Waals surface area contributed by atoms with Crippen molar-refractivity contribution in [2.75, 3.05) is 11.5 Å². The molecule has 76 valence electrons. The molecule has 0 aromatic heterocycles. The Labute approximate surface area is 82.5 Å². The number of nitrogens with two attached hydrogens (primary N) is 2. The summed E-state index contributed by atoms with van der Waals surface area (Å²) in [5, 5.41) is 8.93. The van der Waals surface area contributed by atoms with E-state index in [9.17, 15) is 4.79 Å². The Kier molecular flexibility index (Phi) is 2.96. The second-order valence-corrected chi connectivity index (χ2v) is 3.19. The Morgan fingerprint density at radius 1 is 1.50 bits per heavy atom. The monoisotopic (exact) mass is 194 g/mol. The first-order chi connectivity index (χ1) is 6.56. The first kappa shape index (κ1) is 10.4. The van der Waals surface area contributed by atoms with Gasteiger partial charge in [0.1, 0.15) is 0 Å². The van der Waals surface area contributed by atoms with E-state index >= 15 is 0 Å². The van der Waals surface area contributed by atoms with Crippen molar-refractivity contribution in [3.05, 3.63) is 23.8 Å². The smallest absolute Gasteiger partial charge is 0.311 e. The Bertz CT molecular complexity index is 350. The average Bonchev–Trinajstić information content (AvgIpc) is 2.09. The number of carbonyl (C=O) groups is 1. The highest BCUT2D eigenvalue weighted by atomic mass is 16.4. The zero-order chi connectivity index (χ0) is 10.7. The van der Waals surface area contributed by atoms with Gasteiger partial charge in [-0.3, -0.25) is 4.79 Å². The molecule has 0 heterocycles. The maximum atomic E-state index is 10.9. The van der Waals surface area contributed by atoms with Gasteiger partial charge in [0, 0.05) is 11.4 Å². The number of rotatable bonds is 3. The van der Waals surface area contributed by atoms with Crippen LogP contribution in [0.15, 0.2) is 18.2 Å². The van der Waals surface area contributed by atoms with Crippen LogP contribution in [0.25, 0.3) is 0 Å². The van der Waals surface area contributed by atoms with E-state index in [-0.39, 0.29) is 0 Å². The largest absolute Gasteiger partial charge is 0.481 e. The molecular formula is C10H14N2O2. The van der Waals surface area contributed by atoms with Gasteiger partial charge in [0.15, 0.2) is 0 Å². The molecular weight excluding hydrogens is 180 g/mol. The second-order valence-electron chi connectivity index (χ2n) is 3.19. The molecule has 4 nitrogen and oxygen atoms in total. The van der Waals surface area contributed by atoms with Crippen molar-refractivity contribution >= 4 is 17.3 Å². The van der Waals surface area contributed by atoms with Gasteiger partial charge in [0.2, 0.25) is 0 Å². The van der Waals surface area contributed by atoms with E-state index in [0.717, 1.165) is 0 Å². The number of hydrogen-bond donors (Lipinski definition) is 3. The summed E-state index contributed by atoms with van der Waals surface area (Å²) in [4.78, 5) is 10.9. The molecule has 0 bridgehead atoms. The van der Waals surface area contributed by atoms with Gasteiger partial charge in [-0.2, -0.15) is 0 Å². The highest BCUT2D eigenvalue weighted by molar-refractivity contribution is 5.79. The van der Waals surface area contributed by atoms with Crippen molar-refractivity contribution in [3.8, 4) is 0 Å². The second kappa shape index (κ2) is 4.00. The highest BCUT2D eigenvalue weighted by Gasteiger charge is 2.19. The summed E-state index contributed by atoms with van der Waals surface area (Å²) < 4.78 is 0. The molecule has 0 radical (unpaired) electrons. The van der Waals surface area contributed by atoms with Crippen molar-refractivity contribution in [2.24, 2.45) is 0 Å². The summed E-state index contributed by atoms with van der Waals surface area (Å²) in [6.07, 6.45) is 0.517. The number of nitrogen functional groups attached to an aromatic ring is 2. The average molecular weight is 194 g/mol. The highest BCUT2D eigenvalue weighted by Crippen LogP contribution is 2.26. The summed E-state index contributed by atoms with van der Waals surface area (Å²) in [6, 6.07) is 4.92. The maximum absolute atomic E-state index is 10.9. The topological polar surface area (TPSA) is 89.3 Å². The zero-order valence-electron chi connectivity index (χ0n) is 8.03. The van der Waals surface area contributed by atoms with Crippen LogP contribution in [0.1, 0.15) is 24.8 Å². The lowest BCUT2D eigenvalue weighted by molar-refractivity contribution is -0.138. The molecule has 1 atom stereocenters. The van der Waals surface area contributed by atoms with Crippen LogP contribution in [-0.4, -0.2) is 11.1 Å². The molecule has 1 aromatic carbocycles. The minimum absolute atomic E-state index is 0.444. The zero-order valence-corrected chi connectivity index (χ0v) is 8.03. The fourth-order valence-corrected chi connectivity index (χ4v) is 1.44. The van der Waals surface area contributed by atoms with Gasteiger partial charge in [0.25, 0.3) is 0 Å². The molecule has 1 aromatic rings. The summed E-state index contributed by atoms with van der Waals surface area (Å²) >= 11 is 0. The van der Waals surface area contributed by atoms with E-state index < -0.39 is 11.9 Å². The van der Waals surface area contributed by atoms with Crippen LogP contribution in [0.2, 0.25) is 0 Å². The van der Waals surface area contributed by atoms with E-state index in [4.69, 9.17) is 16.6 Å². The van der Waals surface area contributed by atoms with Crippen molar-refractivity contribution in [1.82, 2.24) is 0 Å². The summed E-state index contributed by atoms with van der Waals surface area (Å²) in [5.41, 5.74) is 12.8. The van der Waals surface area contributed by atoms with Crippen LogP contribution in [0.5, 0.6) is 0 Å². The van der Waals surface area contributed by atoms with Crippen molar-refractivity contribution in [1.29, 1.82) is 0 Å². The Morgan fingerprint density at radius 3 is 2.57 bits per heavy atom. The lowest BCUT2D eigenvalue weighted by Gasteiger charge is -2.13. The molecule has 0 saturated heterocycles. The number of carboxylic acids is 1. The predicted octanol–water partition coefficient (Wildman–Crippen LogP) is 1.43. The first-order valence-electron chi connectivity index (χ1n) is 4.44. The fourth-order valence-electron chi connectivity index (χ4n) is 1.44. The molecule has 0 saturated carbocycles. The van der Waals surface area contributed by atoms with Gasteiger partial charge >= 0.3 is 5.97 Å².